The van der Waals surface area contributed by atoms with Gasteiger partial charge in [0.2, 0.25) is 5.91 Å². The number of rotatable bonds is 10. The number of amides is 1. The van der Waals surface area contributed by atoms with Crippen molar-refractivity contribution in [2.45, 2.75) is 19.4 Å². The van der Waals surface area contributed by atoms with Gasteiger partial charge in [0.25, 0.3) is 5.56 Å². The molecule has 0 bridgehead atoms. The van der Waals surface area contributed by atoms with Crippen LogP contribution in [0.25, 0.3) is 11.3 Å². The van der Waals surface area contributed by atoms with Gasteiger partial charge in [-0.1, -0.05) is 0 Å². The maximum absolute atomic E-state index is 12.4. The molecule has 0 aliphatic carbocycles. The molecule has 0 aliphatic heterocycles. The summed E-state index contributed by atoms with van der Waals surface area (Å²) in [6.07, 6.45) is 0.649. The van der Waals surface area contributed by atoms with Crippen molar-refractivity contribution in [3.05, 3.63) is 58.9 Å². The Bertz CT molecular complexity index is 1180. The van der Waals surface area contributed by atoms with Crippen molar-refractivity contribution in [3.8, 4) is 34.3 Å². The topological polar surface area (TPSA) is 101 Å². The molecule has 0 unspecified atom stereocenters. The molecular weight excluding hydrogens is 426 g/mol. The average molecular weight is 453 g/mol. The Kier molecular flexibility index (Phi) is 7.91. The van der Waals surface area contributed by atoms with Gasteiger partial charge in [-0.15, -0.1) is 0 Å². The van der Waals surface area contributed by atoms with Crippen molar-refractivity contribution in [1.29, 1.82) is 0 Å². The van der Waals surface area contributed by atoms with E-state index in [0.29, 0.717) is 47.3 Å². The van der Waals surface area contributed by atoms with Gasteiger partial charge in [-0.05, 0) is 42.8 Å². The Morgan fingerprint density at radius 2 is 1.64 bits per heavy atom. The minimum absolute atomic E-state index is 0.192. The van der Waals surface area contributed by atoms with Crippen molar-refractivity contribution in [1.82, 2.24) is 9.78 Å². The van der Waals surface area contributed by atoms with E-state index in [0.717, 1.165) is 5.56 Å². The Labute approximate surface area is 191 Å². The molecule has 0 saturated carbocycles. The summed E-state index contributed by atoms with van der Waals surface area (Å²) in [5, 5.41) is 7.26. The number of anilines is 1. The van der Waals surface area contributed by atoms with Crippen molar-refractivity contribution < 1.29 is 23.7 Å². The van der Waals surface area contributed by atoms with E-state index in [1.54, 1.807) is 57.7 Å². The summed E-state index contributed by atoms with van der Waals surface area (Å²) < 4.78 is 22.4. The SMILES string of the molecule is COc1ccc(NC(=O)CCCn2nc(-c3ccc(OC)c(OC)c3)ccc2=O)c(OC)c1. The number of hydrogen-bond acceptors (Lipinski definition) is 7. The zero-order valence-electron chi connectivity index (χ0n) is 19.1. The van der Waals surface area contributed by atoms with E-state index in [4.69, 9.17) is 18.9 Å². The molecule has 3 aromatic rings. The summed E-state index contributed by atoms with van der Waals surface area (Å²) in [6.45, 7) is 0.299. The maximum Gasteiger partial charge on any atom is 0.266 e. The van der Waals surface area contributed by atoms with Crippen LogP contribution in [0.1, 0.15) is 12.8 Å². The highest BCUT2D eigenvalue weighted by molar-refractivity contribution is 5.92. The number of ether oxygens (including phenoxy) is 4. The number of carbonyl (C=O) groups excluding carboxylic acids is 1. The normalized spacial score (nSPS) is 10.4. The number of aryl methyl sites for hydroxylation is 1. The van der Waals surface area contributed by atoms with Crippen molar-refractivity contribution >= 4 is 11.6 Å². The van der Waals surface area contributed by atoms with Gasteiger partial charge >= 0.3 is 0 Å². The van der Waals surface area contributed by atoms with E-state index in [-0.39, 0.29) is 17.9 Å². The lowest BCUT2D eigenvalue weighted by atomic mass is 10.1. The third kappa shape index (κ3) is 5.82. The second-order valence-electron chi connectivity index (χ2n) is 7.07. The number of carbonyl (C=O) groups is 1. The largest absolute Gasteiger partial charge is 0.497 e. The molecule has 1 aromatic heterocycles. The Morgan fingerprint density at radius 3 is 2.33 bits per heavy atom. The van der Waals surface area contributed by atoms with Gasteiger partial charge in [0.05, 0.1) is 39.8 Å². The van der Waals surface area contributed by atoms with E-state index in [1.165, 1.54) is 17.9 Å². The molecule has 0 fully saturated rings. The first-order chi connectivity index (χ1) is 16.0. The summed E-state index contributed by atoms with van der Waals surface area (Å²) in [6, 6.07) is 13.7. The van der Waals surface area contributed by atoms with E-state index in [1.807, 2.05) is 6.07 Å². The Hall–Kier alpha value is -4.01. The number of nitrogens with zero attached hydrogens (tertiary/aromatic N) is 2. The van der Waals surface area contributed by atoms with Crippen LogP contribution in [0, 0.1) is 0 Å². The third-order valence-corrected chi connectivity index (χ3v) is 5.00. The van der Waals surface area contributed by atoms with Gasteiger partial charge in [-0.2, -0.15) is 5.10 Å². The highest BCUT2D eigenvalue weighted by Gasteiger charge is 2.11. The fraction of sp³-hybridized carbons (Fsp3) is 0.292. The number of methoxy groups -OCH3 is 4. The van der Waals surface area contributed by atoms with Crippen LogP contribution in [0.5, 0.6) is 23.0 Å². The number of nitrogens with one attached hydrogen (secondary N) is 1. The van der Waals surface area contributed by atoms with Gasteiger partial charge < -0.3 is 24.3 Å². The minimum Gasteiger partial charge on any atom is -0.497 e. The summed E-state index contributed by atoms with van der Waals surface area (Å²) in [4.78, 5) is 24.7. The number of hydrogen-bond donors (Lipinski definition) is 1. The first-order valence-electron chi connectivity index (χ1n) is 10.3. The second-order valence-corrected chi connectivity index (χ2v) is 7.07. The van der Waals surface area contributed by atoms with Gasteiger partial charge in [-0.3, -0.25) is 9.59 Å². The molecular formula is C24H27N3O6. The van der Waals surface area contributed by atoms with Crippen LogP contribution in [0.2, 0.25) is 0 Å². The molecule has 3 rings (SSSR count). The highest BCUT2D eigenvalue weighted by Crippen LogP contribution is 2.31. The molecule has 9 nitrogen and oxygen atoms in total. The van der Waals surface area contributed by atoms with Gasteiger partial charge in [-0.25, -0.2) is 4.68 Å². The lowest BCUT2D eigenvalue weighted by Crippen LogP contribution is -2.23. The molecule has 0 atom stereocenters. The highest BCUT2D eigenvalue weighted by atomic mass is 16.5. The molecule has 33 heavy (non-hydrogen) atoms. The van der Waals surface area contributed by atoms with Crippen LogP contribution >= 0.6 is 0 Å². The van der Waals surface area contributed by atoms with Crippen LogP contribution in [-0.2, 0) is 11.3 Å². The smallest absolute Gasteiger partial charge is 0.266 e. The quantitative estimate of drug-likeness (QED) is 0.502. The van der Waals surface area contributed by atoms with E-state index in [2.05, 4.69) is 10.4 Å². The zero-order valence-corrected chi connectivity index (χ0v) is 19.1. The third-order valence-electron chi connectivity index (χ3n) is 5.00. The molecule has 1 amide bonds. The number of aromatic nitrogens is 2. The monoisotopic (exact) mass is 453 g/mol. The minimum atomic E-state index is -0.239. The first kappa shape index (κ1) is 23.6. The summed E-state index contributed by atoms with van der Waals surface area (Å²) >= 11 is 0. The van der Waals surface area contributed by atoms with Crippen LogP contribution in [-0.4, -0.2) is 44.1 Å². The maximum atomic E-state index is 12.4. The Morgan fingerprint density at radius 1 is 0.879 bits per heavy atom. The summed E-state index contributed by atoms with van der Waals surface area (Å²) in [5.41, 5.74) is 1.71. The Balaban J connectivity index is 1.65. The van der Waals surface area contributed by atoms with Gasteiger partial charge in [0.15, 0.2) is 11.5 Å². The van der Waals surface area contributed by atoms with Gasteiger partial charge in [0, 0.05) is 30.7 Å². The van der Waals surface area contributed by atoms with E-state index in [9.17, 15) is 9.59 Å². The molecule has 0 radical (unpaired) electrons. The predicted molar refractivity (Wildman–Crippen MR) is 124 cm³/mol. The zero-order chi connectivity index (χ0) is 23.8. The van der Waals surface area contributed by atoms with Crippen LogP contribution in [0.15, 0.2) is 53.3 Å². The second kappa shape index (κ2) is 11.0. The lowest BCUT2D eigenvalue weighted by Gasteiger charge is -2.12. The summed E-state index contributed by atoms with van der Waals surface area (Å²) in [5.74, 6) is 2.12. The molecule has 0 spiro atoms. The van der Waals surface area contributed by atoms with Gasteiger partial charge in [0.1, 0.15) is 11.5 Å². The fourth-order valence-electron chi connectivity index (χ4n) is 3.26. The van der Waals surface area contributed by atoms with Crippen LogP contribution in [0.4, 0.5) is 5.69 Å². The fourth-order valence-corrected chi connectivity index (χ4v) is 3.26. The van der Waals surface area contributed by atoms with Crippen LogP contribution < -0.4 is 29.8 Å². The lowest BCUT2D eigenvalue weighted by molar-refractivity contribution is -0.116. The first-order valence-corrected chi connectivity index (χ1v) is 10.3. The molecule has 1 heterocycles. The summed E-state index contributed by atoms with van der Waals surface area (Å²) in [7, 11) is 6.20. The van der Waals surface area contributed by atoms with Crippen molar-refractivity contribution in [2.24, 2.45) is 0 Å². The van der Waals surface area contributed by atoms with Crippen molar-refractivity contribution in [2.75, 3.05) is 33.8 Å². The molecule has 174 valence electrons. The molecule has 0 aliphatic rings. The van der Waals surface area contributed by atoms with E-state index >= 15 is 0 Å². The molecule has 0 saturated heterocycles. The van der Waals surface area contributed by atoms with E-state index < -0.39 is 0 Å². The molecule has 1 N–H and O–H groups in total. The van der Waals surface area contributed by atoms with Crippen LogP contribution in [0.3, 0.4) is 0 Å². The standard InChI is InChI=1S/C24H27N3O6/c1-30-17-8-9-19(21(15-17)32-3)25-23(28)6-5-13-27-24(29)12-10-18(26-27)16-7-11-20(31-2)22(14-16)33-4/h7-12,14-15H,5-6,13H2,1-4H3,(H,25,28). The molecule has 9 heteroatoms. The predicted octanol–water partition coefficient (Wildman–Crippen LogP) is 3.36. The van der Waals surface area contributed by atoms with Crippen molar-refractivity contribution in [3.63, 3.8) is 0 Å². The molecule has 2 aromatic carbocycles. The average Bonchev–Trinajstić information content (AvgIpc) is 2.84. The number of benzene rings is 2.